The number of ether oxygens (including phenoxy) is 1. The molecular weight excluding hydrogens is 240 g/mol. The predicted molar refractivity (Wildman–Crippen MR) is 73.2 cm³/mol. The van der Waals surface area contributed by atoms with Gasteiger partial charge in [0, 0.05) is 12.2 Å². The molecule has 2 fully saturated rings. The van der Waals surface area contributed by atoms with E-state index in [4.69, 9.17) is 10.5 Å². The summed E-state index contributed by atoms with van der Waals surface area (Å²) >= 11 is 0. The average Bonchev–Trinajstić information content (AvgIpc) is 2.85. The molecule has 1 aromatic heterocycles. The van der Waals surface area contributed by atoms with Crippen molar-refractivity contribution in [1.82, 2.24) is 9.97 Å². The number of aryl methyl sites for hydroxylation is 1. The molecule has 2 N–H and O–H groups in total. The van der Waals surface area contributed by atoms with Gasteiger partial charge in [-0.25, -0.2) is 4.98 Å². The van der Waals surface area contributed by atoms with Gasteiger partial charge in [-0.3, -0.25) is 0 Å². The smallest absolute Gasteiger partial charge is 0.222 e. The zero-order chi connectivity index (χ0) is 12.9. The summed E-state index contributed by atoms with van der Waals surface area (Å²) in [4.78, 5) is 11.2. The molecule has 19 heavy (non-hydrogen) atoms. The predicted octanol–water partition coefficient (Wildman–Crippen LogP) is 1.31. The normalized spacial score (nSPS) is 24.3. The third kappa shape index (κ3) is 1.79. The summed E-state index contributed by atoms with van der Waals surface area (Å²) in [5.74, 6) is 1.49. The van der Waals surface area contributed by atoms with Crippen molar-refractivity contribution >= 4 is 11.8 Å². The third-order valence-corrected chi connectivity index (χ3v) is 4.62. The molecule has 1 aliphatic carbocycles. The van der Waals surface area contributed by atoms with Crippen LogP contribution in [0.2, 0.25) is 0 Å². The zero-order valence-electron chi connectivity index (χ0n) is 11.2. The summed E-state index contributed by atoms with van der Waals surface area (Å²) < 4.78 is 5.89. The van der Waals surface area contributed by atoms with E-state index in [1.807, 2.05) is 0 Å². The minimum atomic E-state index is 0.112. The fourth-order valence-electron chi connectivity index (χ4n) is 3.66. The van der Waals surface area contributed by atoms with Gasteiger partial charge < -0.3 is 15.4 Å². The van der Waals surface area contributed by atoms with Crippen LogP contribution < -0.4 is 10.6 Å². The maximum atomic E-state index is 5.89. The Morgan fingerprint density at radius 2 is 1.95 bits per heavy atom. The number of nitrogens with zero attached hydrogens (tertiary/aromatic N) is 3. The van der Waals surface area contributed by atoms with E-state index in [2.05, 4.69) is 14.9 Å². The lowest BCUT2D eigenvalue weighted by molar-refractivity contribution is -0.0185. The van der Waals surface area contributed by atoms with E-state index >= 15 is 0 Å². The Balaban J connectivity index is 1.63. The maximum Gasteiger partial charge on any atom is 0.222 e. The summed E-state index contributed by atoms with van der Waals surface area (Å²) in [7, 11) is 0. The van der Waals surface area contributed by atoms with E-state index in [1.54, 1.807) is 0 Å². The van der Waals surface area contributed by atoms with Crippen LogP contribution in [0.3, 0.4) is 0 Å². The van der Waals surface area contributed by atoms with E-state index < -0.39 is 0 Å². The van der Waals surface area contributed by atoms with Gasteiger partial charge in [-0.1, -0.05) is 0 Å². The van der Waals surface area contributed by atoms with Crippen molar-refractivity contribution < 1.29 is 4.74 Å². The molecule has 102 valence electrons. The summed E-state index contributed by atoms with van der Waals surface area (Å²) in [5, 5.41) is 0. The summed E-state index contributed by atoms with van der Waals surface area (Å²) in [6, 6.07) is 0. The SMILES string of the molecule is Nc1nc2c(c(N3CC4(CCCO4)C3)n1)CCCC2. The molecule has 5 nitrogen and oxygen atoms in total. The lowest BCUT2D eigenvalue weighted by atomic mass is 9.89. The number of nitrogens with two attached hydrogens (primary N) is 1. The van der Waals surface area contributed by atoms with Crippen LogP contribution in [0.4, 0.5) is 11.8 Å². The van der Waals surface area contributed by atoms with Crippen molar-refractivity contribution in [2.24, 2.45) is 0 Å². The number of aromatic nitrogens is 2. The quantitative estimate of drug-likeness (QED) is 0.824. The second-order valence-corrected chi connectivity index (χ2v) is 6.03. The topological polar surface area (TPSA) is 64.3 Å². The van der Waals surface area contributed by atoms with Gasteiger partial charge in [-0.15, -0.1) is 0 Å². The molecule has 0 saturated carbocycles. The largest absolute Gasteiger partial charge is 0.371 e. The van der Waals surface area contributed by atoms with Gasteiger partial charge in [0.2, 0.25) is 5.95 Å². The minimum Gasteiger partial charge on any atom is -0.371 e. The highest BCUT2D eigenvalue weighted by molar-refractivity contribution is 5.55. The van der Waals surface area contributed by atoms with E-state index in [1.165, 1.54) is 36.9 Å². The van der Waals surface area contributed by atoms with E-state index in [9.17, 15) is 0 Å². The molecule has 0 unspecified atom stereocenters. The van der Waals surface area contributed by atoms with Crippen molar-refractivity contribution in [3.05, 3.63) is 11.3 Å². The minimum absolute atomic E-state index is 0.112. The number of rotatable bonds is 1. The highest BCUT2D eigenvalue weighted by atomic mass is 16.5. The summed E-state index contributed by atoms with van der Waals surface area (Å²) in [6.07, 6.45) is 6.97. The first-order chi connectivity index (χ1) is 9.26. The molecule has 0 radical (unpaired) electrons. The maximum absolute atomic E-state index is 5.89. The Hall–Kier alpha value is -1.36. The monoisotopic (exact) mass is 260 g/mol. The van der Waals surface area contributed by atoms with Gasteiger partial charge in [-0.2, -0.15) is 4.98 Å². The fraction of sp³-hybridized carbons (Fsp3) is 0.714. The van der Waals surface area contributed by atoms with E-state index in [0.29, 0.717) is 5.95 Å². The molecule has 0 atom stereocenters. The number of nitrogen functional groups attached to an aromatic ring is 1. The van der Waals surface area contributed by atoms with Crippen molar-refractivity contribution in [3.8, 4) is 0 Å². The van der Waals surface area contributed by atoms with Crippen molar-refractivity contribution in [2.75, 3.05) is 30.3 Å². The fourth-order valence-corrected chi connectivity index (χ4v) is 3.66. The van der Waals surface area contributed by atoms with Crippen molar-refractivity contribution in [3.63, 3.8) is 0 Å². The molecule has 1 spiro atoms. The Bertz CT molecular complexity index is 502. The van der Waals surface area contributed by atoms with Gasteiger partial charge >= 0.3 is 0 Å². The number of hydrogen-bond donors (Lipinski definition) is 1. The van der Waals surface area contributed by atoms with Gasteiger partial charge in [0.05, 0.1) is 18.8 Å². The highest BCUT2D eigenvalue weighted by Gasteiger charge is 2.47. The number of hydrogen-bond acceptors (Lipinski definition) is 5. The molecule has 0 bridgehead atoms. The van der Waals surface area contributed by atoms with Crippen molar-refractivity contribution in [1.29, 1.82) is 0 Å². The Morgan fingerprint density at radius 1 is 1.11 bits per heavy atom. The van der Waals surface area contributed by atoms with Crippen LogP contribution in [0, 0.1) is 0 Å². The Labute approximate surface area is 113 Å². The standard InChI is InChI=1S/C14H20N4O/c15-13-16-11-5-2-1-4-10(11)12(17-13)18-8-14(9-18)6-3-7-19-14/h1-9H2,(H2,15,16,17). The lowest BCUT2D eigenvalue weighted by Gasteiger charge is -2.48. The van der Waals surface area contributed by atoms with Gasteiger partial charge in [0.15, 0.2) is 0 Å². The summed E-state index contributed by atoms with van der Waals surface area (Å²) in [5.41, 5.74) is 8.47. The van der Waals surface area contributed by atoms with Crippen LogP contribution in [0.25, 0.3) is 0 Å². The number of anilines is 2. The van der Waals surface area contributed by atoms with E-state index in [-0.39, 0.29) is 5.60 Å². The molecule has 2 saturated heterocycles. The van der Waals surface area contributed by atoms with Crippen molar-refractivity contribution in [2.45, 2.75) is 44.1 Å². The lowest BCUT2D eigenvalue weighted by Crippen LogP contribution is -2.62. The molecular formula is C14H20N4O. The molecule has 0 amide bonds. The molecule has 3 heterocycles. The van der Waals surface area contributed by atoms with Crippen LogP contribution in [-0.4, -0.2) is 35.3 Å². The molecule has 5 heteroatoms. The summed E-state index contributed by atoms with van der Waals surface area (Å²) in [6.45, 7) is 2.85. The van der Waals surface area contributed by atoms with Gasteiger partial charge in [0.25, 0.3) is 0 Å². The second kappa shape index (κ2) is 4.07. The zero-order valence-corrected chi connectivity index (χ0v) is 11.2. The van der Waals surface area contributed by atoms with Gasteiger partial charge in [-0.05, 0) is 38.5 Å². The molecule has 4 rings (SSSR count). The average molecular weight is 260 g/mol. The third-order valence-electron chi connectivity index (χ3n) is 4.62. The van der Waals surface area contributed by atoms with Gasteiger partial charge in [0.1, 0.15) is 11.4 Å². The van der Waals surface area contributed by atoms with E-state index in [0.717, 1.165) is 38.4 Å². The first-order valence-electron chi connectivity index (χ1n) is 7.30. The van der Waals surface area contributed by atoms with Crippen LogP contribution >= 0.6 is 0 Å². The Morgan fingerprint density at radius 3 is 2.74 bits per heavy atom. The molecule has 3 aliphatic rings. The van der Waals surface area contributed by atoms with Crippen LogP contribution in [-0.2, 0) is 17.6 Å². The molecule has 0 aromatic carbocycles. The van der Waals surface area contributed by atoms with Crippen LogP contribution in [0.1, 0.15) is 36.9 Å². The second-order valence-electron chi connectivity index (χ2n) is 6.03. The molecule has 1 aromatic rings. The Kier molecular flexibility index (Phi) is 2.45. The van der Waals surface area contributed by atoms with Crippen LogP contribution in [0.15, 0.2) is 0 Å². The number of fused-ring (bicyclic) bond motifs is 1. The molecule has 2 aliphatic heterocycles. The van der Waals surface area contributed by atoms with Crippen LogP contribution in [0.5, 0.6) is 0 Å². The highest BCUT2D eigenvalue weighted by Crippen LogP contribution is 2.39. The first-order valence-corrected chi connectivity index (χ1v) is 7.30. The first kappa shape index (κ1) is 11.5.